The number of halogens is 3. The third-order valence-corrected chi connectivity index (χ3v) is 2.55. The number of hydrogen-bond donors (Lipinski definition) is 0. The molecule has 103 valence electrons. The minimum atomic E-state index is -2.48. The quantitative estimate of drug-likeness (QED) is 0.593. The van der Waals surface area contributed by atoms with E-state index in [0.29, 0.717) is 5.56 Å². The van der Waals surface area contributed by atoms with Gasteiger partial charge in [0.05, 0.1) is 0 Å². The molecule has 0 N–H and O–H groups in total. The van der Waals surface area contributed by atoms with Crippen LogP contribution in [0.25, 0.3) is 0 Å². The highest BCUT2D eigenvalue weighted by molar-refractivity contribution is 5.78. The first-order valence-electron chi connectivity index (χ1n) is 5.86. The zero-order valence-electron chi connectivity index (χ0n) is 10.4. The van der Waals surface area contributed by atoms with E-state index < -0.39 is 6.43 Å². The van der Waals surface area contributed by atoms with E-state index in [1.54, 1.807) is 12.1 Å². The standard InChI is InChI=1S/C15H11F3NO/c16-14-7-3-11(4-8-14)9-19-20-10-12-1-5-13(6-2-12)15(17)18/h1-8,15H,10H2. The van der Waals surface area contributed by atoms with Gasteiger partial charge in [0.1, 0.15) is 18.6 Å². The van der Waals surface area contributed by atoms with E-state index in [1.807, 2.05) is 0 Å². The monoisotopic (exact) mass is 278 g/mol. The van der Waals surface area contributed by atoms with Crippen LogP contribution in [-0.2, 0) is 11.4 Å². The van der Waals surface area contributed by atoms with Crippen LogP contribution >= 0.6 is 0 Å². The molecule has 0 saturated heterocycles. The molecule has 2 aromatic carbocycles. The van der Waals surface area contributed by atoms with Crippen molar-refractivity contribution in [2.24, 2.45) is 5.16 Å². The van der Waals surface area contributed by atoms with E-state index in [9.17, 15) is 13.2 Å². The van der Waals surface area contributed by atoms with Gasteiger partial charge in [-0.2, -0.15) is 0 Å². The zero-order valence-corrected chi connectivity index (χ0v) is 10.4. The Morgan fingerprint density at radius 1 is 1.00 bits per heavy atom. The third kappa shape index (κ3) is 4.12. The van der Waals surface area contributed by atoms with Crippen LogP contribution in [0.2, 0.25) is 0 Å². The Kier molecular flexibility index (Phi) is 4.76. The molecule has 0 aliphatic rings. The molecule has 2 nitrogen and oxygen atoms in total. The lowest BCUT2D eigenvalue weighted by molar-refractivity contribution is 0.131. The average molecular weight is 278 g/mol. The molecule has 0 aliphatic carbocycles. The lowest BCUT2D eigenvalue weighted by Crippen LogP contribution is -1.90. The Hall–Kier alpha value is -2.30. The first-order chi connectivity index (χ1) is 9.65. The topological polar surface area (TPSA) is 21.6 Å². The van der Waals surface area contributed by atoms with Gasteiger partial charge in [-0.15, -0.1) is 0 Å². The SMILES string of the molecule is Fc1ccc(/[C]=N\OCc2ccc(C(F)F)cc2)cc1. The Bertz CT molecular complexity index is 565. The van der Waals surface area contributed by atoms with Crippen molar-refractivity contribution < 1.29 is 18.0 Å². The second-order valence-electron chi connectivity index (χ2n) is 4.03. The highest BCUT2D eigenvalue weighted by Gasteiger charge is 2.05. The molecule has 0 saturated carbocycles. The summed E-state index contributed by atoms with van der Waals surface area (Å²) in [5.74, 6) is -0.337. The molecular weight excluding hydrogens is 267 g/mol. The summed E-state index contributed by atoms with van der Waals surface area (Å²) in [7, 11) is 0. The number of hydrogen-bond acceptors (Lipinski definition) is 2. The Morgan fingerprint density at radius 2 is 1.65 bits per heavy atom. The van der Waals surface area contributed by atoms with Crippen LogP contribution in [0.5, 0.6) is 0 Å². The molecule has 0 amide bonds. The molecule has 2 rings (SSSR count). The first kappa shape index (κ1) is 14.1. The van der Waals surface area contributed by atoms with Crippen LogP contribution in [0, 0.1) is 5.82 Å². The summed E-state index contributed by atoms with van der Waals surface area (Å²) in [6.07, 6.45) is 0.111. The van der Waals surface area contributed by atoms with Gasteiger partial charge in [-0.3, -0.25) is 0 Å². The largest absolute Gasteiger partial charge is 0.390 e. The van der Waals surface area contributed by atoms with Gasteiger partial charge < -0.3 is 4.84 Å². The van der Waals surface area contributed by atoms with Gasteiger partial charge in [0.2, 0.25) is 0 Å². The second kappa shape index (κ2) is 6.75. The Labute approximate surface area is 114 Å². The fourth-order valence-electron chi connectivity index (χ4n) is 1.48. The van der Waals surface area contributed by atoms with Crippen LogP contribution in [0.1, 0.15) is 23.1 Å². The maximum atomic E-state index is 12.6. The molecule has 0 aromatic heterocycles. The van der Waals surface area contributed by atoms with Crippen molar-refractivity contribution in [1.29, 1.82) is 0 Å². The molecule has 5 heteroatoms. The molecule has 20 heavy (non-hydrogen) atoms. The number of nitrogens with zero attached hydrogens (tertiary/aromatic N) is 1. The molecule has 1 radical (unpaired) electrons. The summed E-state index contributed by atoms with van der Waals surface area (Å²) in [5, 5.41) is 3.60. The van der Waals surface area contributed by atoms with Gasteiger partial charge in [0, 0.05) is 11.1 Å². The maximum Gasteiger partial charge on any atom is 0.263 e. The lowest BCUT2D eigenvalue weighted by atomic mass is 10.1. The van der Waals surface area contributed by atoms with Crippen LogP contribution in [0.3, 0.4) is 0 Å². The van der Waals surface area contributed by atoms with Crippen LogP contribution in [0.4, 0.5) is 13.2 Å². The van der Waals surface area contributed by atoms with Crippen molar-refractivity contribution in [2.75, 3.05) is 0 Å². The molecule has 0 spiro atoms. The molecule has 0 bridgehead atoms. The van der Waals surface area contributed by atoms with Gasteiger partial charge in [-0.25, -0.2) is 13.2 Å². The number of alkyl halides is 2. The van der Waals surface area contributed by atoms with Crippen LogP contribution < -0.4 is 0 Å². The molecule has 0 fully saturated rings. The first-order valence-corrected chi connectivity index (χ1v) is 5.86. The summed E-state index contributed by atoms with van der Waals surface area (Å²) in [6.45, 7) is 0.151. The second-order valence-corrected chi connectivity index (χ2v) is 4.03. The molecule has 0 atom stereocenters. The molecule has 0 unspecified atom stereocenters. The predicted molar refractivity (Wildman–Crippen MR) is 69.1 cm³/mol. The predicted octanol–water partition coefficient (Wildman–Crippen LogP) is 4.19. The van der Waals surface area contributed by atoms with Crippen LogP contribution in [-0.4, -0.2) is 6.21 Å². The van der Waals surface area contributed by atoms with Gasteiger partial charge >= 0.3 is 0 Å². The summed E-state index contributed by atoms with van der Waals surface area (Å²) in [5.41, 5.74) is 1.27. The van der Waals surface area contributed by atoms with E-state index in [0.717, 1.165) is 5.56 Å². The zero-order chi connectivity index (χ0) is 14.4. The minimum absolute atomic E-state index is 0.0323. The molecular formula is C15H11F3NO. The van der Waals surface area contributed by atoms with E-state index in [-0.39, 0.29) is 18.0 Å². The molecule has 0 aliphatic heterocycles. The van der Waals surface area contributed by atoms with Crippen molar-refractivity contribution in [3.8, 4) is 0 Å². The van der Waals surface area contributed by atoms with Crippen molar-refractivity contribution in [3.05, 3.63) is 71.0 Å². The van der Waals surface area contributed by atoms with E-state index in [4.69, 9.17) is 4.84 Å². The number of rotatable bonds is 5. The van der Waals surface area contributed by atoms with Crippen molar-refractivity contribution in [1.82, 2.24) is 0 Å². The Balaban J connectivity index is 1.84. The Morgan fingerprint density at radius 3 is 2.25 bits per heavy atom. The highest BCUT2D eigenvalue weighted by Crippen LogP contribution is 2.18. The average Bonchev–Trinajstić information content (AvgIpc) is 2.46. The molecule has 2 aromatic rings. The highest BCUT2D eigenvalue weighted by atomic mass is 19.3. The van der Waals surface area contributed by atoms with Crippen molar-refractivity contribution in [3.63, 3.8) is 0 Å². The minimum Gasteiger partial charge on any atom is -0.390 e. The van der Waals surface area contributed by atoms with Crippen molar-refractivity contribution >= 4 is 6.21 Å². The summed E-state index contributed by atoms with van der Waals surface area (Å²) in [6, 6.07) is 11.4. The van der Waals surface area contributed by atoms with Crippen LogP contribution in [0.15, 0.2) is 53.7 Å². The van der Waals surface area contributed by atoms with E-state index >= 15 is 0 Å². The fraction of sp³-hybridized carbons (Fsp3) is 0.133. The van der Waals surface area contributed by atoms with Gasteiger partial charge in [0.15, 0.2) is 0 Å². The summed E-state index contributed by atoms with van der Waals surface area (Å²) < 4.78 is 37.3. The van der Waals surface area contributed by atoms with E-state index in [2.05, 4.69) is 11.4 Å². The number of benzene rings is 2. The molecule has 0 heterocycles. The van der Waals surface area contributed by atoms with Gasteiger partial charge in [-0.1, -0.05) is 29.4 Å². The lowest BCUT2D eigenvalue weighted by Gasteiger charge is -2.02. The third-order valence-electron chi connectivity index (χ3n) is 2.55. The normalized spacial score (nSPS) is 11.2. The summed E-state index contributed by atoms with van der Waals surface area (Å²) in [4.78, 5) is 4.99. The van der Waals surface area contributed by atoms with Crippen molar-refractivity contribution in [2.45, 2.75) is 13.0 Å². The van der Waals surface area contributed by atoms with E-state index in [1.165, 1.54) is 36.4 Å². The summed E-state index contributed by atoms with van der Waals surface area (Å²) >= 11 is 0. The maximum absolute atomic E-state index is 12.6. The fourth-order valence-corrected chi connectivity index (χ4v) is 1.48. The van der Waals surface area contributed by atoms with Gasteiger partial charge in [-0.05, 0) is 29.8 Å². The van der Waals surface area contributed by atoms with Gasteiger partial charge in [0.25, 0.3) is 6.43 Å². The smallest absolute Gasteiger partial charge is 0.263 e.